The van der Waals surface area contributed by atoms with Gasteiger partial charge in [-0.1, -0.05) is 0 Å². The van der Waals surface area contributed by atoms with Crippen LogP contribution in [0, 0.1) is 13.8 Å². The van der Waals surface area contributed by atoms with Crippen molar-refractivity contribution in [1.29, 1.82) is 0 Å². The molecule has 1 aromatic carbocycles. The van der Waals surface area contributed by atoms with Crippen LogP contribution in [0.3, 0.4) is 0 Å². The second kappa shape index (κ2) is 7.74. The number of carbonyl (C=O) groups excluding carboxylic acids is 2. The summed E-state index contributed by atoms with van der Waals surface area (Å²) in [5.41, 5.74) is 2.06. The minimum atomic E-state index is -0.804. The van der Waals surface area contributed by atoms with E-state index in [1.54, 1.807) is 18.2 Å². The van der Waals surface area contributed by atoms with E-state index < -0.39 is 18.5 Å². The molecule has 0 unspecified atom stereocenters. The molecule has 10 heteroatoms. The van der Waals surface area contributed by atoms with Gasteiger partial charge in [0, 0.05) is 29.6 Å². The van der Waals surface area contributed by atoms with Gasteiger partial charge in [0.1, 0.15) is 0 Å². The number of hydrogen-bond acceptors (Lipinski definition) is 8. The molecule has 0 radical (unpaired) electrons. The number of hydrogen-bond donors (Lipinski definition) is 1. The number of benzene rings is 1. The maximum absolute atomic E-state index is 12.2. The second-order valence-electron chi connectivity index (χ2n) is 6.52. The van der Waals surface area contributed by atoms with Crippen molar-refractivity contribution in [1.82, 2.24) is 19.6 Å². The van der Waals surface area contributed by atoms with Crippen LogP contribution in [0.2, 0.25) is 0 Å². The largest absolute Gasteiger partial charge is 0.490 e. The van der Waals surface area contributed by atoms with Crippen molar-refractivity contribution in [2.75, 3.05) is 25.1 Å². The normalized spacial score (nSPS) is 13.0. The smallest absolute Gasteiger partial charge is 0.378 e. The van der Waals surface area contributed by atoms with Crippen molar-refractivity contribution in [3.63, 3.8) is 0 Å². The highest BCUT2D eigenvalue weighted by Crippen LogP contribution is 2.32. The van der Waals surface area contributed by atoms with E-state index in [1.807, 2.05) is 19.9 Å². The minimum absolute atomic E-state index is 0.158. The van der Waals surface area contributed by atoms with Crippen molar-refractivity contribution in [2.24, 2.45) is 0 Å². The molecule has 0 saturated carbocycles. The molecule has 4 rings (SSSR count). The van der Waals surface area contributed by atoms with Gasteiger partial charge in [0.15, 0.2) is 18.1 Å². The number of aromatic nitrogens is 4. The summed E-state index contributed by atoms with van der Waals surface area (Å²) in [6.07, 6.45) is 0.790. The third kappa shape index (κ3) is 4.10. The van der Waals surface area contributed by atoms with Gasteiger partial charge in [0.25, 0.3) is 17.5 Å². The number of ether oxygens (including phenoxy) is 3. The molecule has 150 valence electrons. The predicted octanol–water partition coefficient (Wildman–Crippen LogP) is 1.70. The van der Waals surface area contributed by atoms with Crippen LogP contribution >= 0.6 is 0 Å². The van der Waals surface area contributed by atoms with E-state index in [2.05, 4.69) is 20.4 Å². The summed E-state index contributed by atoms with van der Waals surface area (Å²) in [5.74, 6) is 0.0251. The molecule has 0 fully saturated rings. The van der Waals surface area contributed by atoms with Gasteiger partial charge in [-0.15, -0.1) is 5.10 Å². The fourth-order valence-corrected chi connectivity index (χ4v) is 2.89. The standard InChI is InChI=1S/C19H19N5O5/c1-11-8-12(2)24-19(20-11)22-17(23-24)18(26)29-10-16(25)21-13-4-5-14-15(9-13)28-7-3-6-27-14/h4-5,8-9H,3,6-7,10H2,1-2H3,(H,21,25). The Morgan fingerprint density at radius 1 is 1.14 bits per heavy atom. The van der Waals surface area contributed by atoms with Gasteiger partial charge in [0.05, 0.1) is 13.2 Å². The van der Waals surface area contributed by atoms with E-state index >= 15 is 0 Å². The average molecular weight is 397 g/mol. The Morgan fingerprint density at radius 3 is 2.76 bits per heavy atom. The van der Waals surface area contributed by atoms with Crippen LogP contribution < -0.4 is 14.8 Å². The highest BCUT2D eigenvalue weighted by atomic mass is 16.5. The Bertz CT molecular complexity index is 1090. The topological polar surface area (TPSA) is 117 Å². The summed E-state index contributed by atoms with van der Waals surface area (Å²) in [6.45, 7) is 4.30. The summed E-state index contributed by atoms with van der Waals surface area (Å²) in [5, 5.41) is 6.73. The molecule has 1 aliphatic heterocycles. The molecule has 3 heterocycles. The first kappa shape index (κ1) is 18.7. The lowest BCUT2D eigenvalue weighted by Crippen LogP contribution is -2.21. The molecular formula is C19H19N5O5. The Kier molecular flexibility index (Phi) is 4.98. The van der Waals surface area contributed by atoms with Crippen LogP contribution in [-0.4, -0.2) is 51.3 Å². The number of amides is 1. The van der Waals surface area contributed by atoms with Crippen molar-refractivity contribution in [2.45, 2.75) is 20.3 Å². The van der Waals surface area contributed by atoms with Crippen LogP contribution in [0.15, 0.2) is 24.3 Å². The quantitative estimate of drug-likeness (QED) is 0.661. The van der Waals surface area contributed by atoms with E-state index in [9.17, 15) is 9.59 Å². The first-order valence-electron chi connectivity index (χ1n) is 9.07. The fraction of sp³-hybridized carbons (Fsp3) is 0.316. The Hall–Kier alpha value is -3.69. The lowest BCUT2D eigenvalue weighted by atomic mass is 10.2. The predicted molar refractivity (Wildman–Crippen MR) is 101 cm³/mol. The Balaban J connectivity index is 1.38. The van der Waals surface area contributed by atoms with Gasteiger partial charge in [-0.3, -0.25) is 4.79 Å². The zero-order chi connectivity index (χ0) is 20.4. The van der Waals surface area contributed by atoms with Crippen molar-refractivity contribution < 1.29 is 23.8 Å². The molecule has 1 aliphatic rings. The van der Waals surface area contributed by atoms with Crippen LogP contribution in [0.25, 0.3) is 5.78 Å². The van der Waals surface area contributed by atoms with E-state index in [0.717, 1.165) is 17.8 Å². The van der Waals surface area contributed by atoms with Crippen molar-refractivity contribution in [3.05, 3.63) is 41.5 Å². The van der Waals surface area contributed by atoms with E-state index in [4.69, 9.17) is 14.2 Å². The average Bonchev–Trinajstić information content (AvgIpc) is 2.98. The highest BCUT2D eigenvalue weighted by molar-refractivity contribution is 5.94. The molecule has 1 N–H and O–H groups in total. The van der Waals surface area contributed by atoms with Gasteiger partial charge in [-0.25, -0.2) is 14.3 Å². The Labute approximate surface area is 165 Å². The highest BCUT2D eigenvalue weighted by Gasteiger charge is 2.18. The monoisotopic (exact) mass is 397 g/mol. The van der Waals surface area contributed by atoms with Gasteiger partial charge < -0.3 is 19.5 Å². The maximum Gasteiger partial charge on any atom is 0.378 e. The number of rotatable bonds is 4. The molecule has 0 aliphatic carbocycles. The summed E-state index contributed by atoms with van der Waals surface area (Å²) in [6, 6.07) is 6.90. The van der Waals surface area contributed by atoms with Crippen molar-refractivity contribution >= 4 is 23.3 Å². The molecule has 0 spiro atoms. The molecule has 0 atom stereocenters. The van der Waals surface area contributed by atoms with Crippen molar-refractivity contribution in [3.8, 4) is 11.5 Å². The molecule has 29 heavy (non-hydrogen) atoms. The summed E-state index contributed by atoms with van der Waals surface area (Å²) in [4.78, 5) is 32.6. The number of aryl methyl sites for hydroxylation is 2. The SMILES string of the molecule is Cc1cc(C)n2nc(C(=O)OCC(=O)Nc3ccc4c(c3)OCCCO4)nc2n1. The number of anilines is 1. The molecule has 10 nitrogen and oxygen atoms in total. The van der Waals surface area contributed by atoms with Gasteiger partial charge in [-0.2, -0.15) is 4.98 Å². The van der Waals surface area contributed by atoms with E-state index in [1.165, 1.54) is 4.52 Å². The number of nitrogens with zero attached hydrogens (tertiary/aromatic N) is 4. The second-order valence-corrected chi connectivity index (χ2v) is 6.52. The van der Waals surface area contributed by atoms with Crippen LogP contribution in [0.1, 0.15) is 28.4 Å². The van der Waals surface area contributed by atoms with Gasteiger partial charge in [0.2, 0.25) is 0 Å². The molecule has 3 aromatic rings. The summed E-state index contributed by atoms with van der Waals surface area (Å²) >= 11 is 0. The lowest BCUT2D eigenvalue weighted by molar-refractivity contribution is -0.119. The minimum Gasteiger partial charge on any atom is -0.490 e. The first-order chi connectivity index (χ1) is 14.0. The Morgan fingerprint density at radius 2 is 1.93 bits per heavy atom. The van der Waals surface area contributed by atoms with E-state index in [0.29, 0.717) is 36.2 Å². The number of esters is 1. The summed E-state index contributed by atoms with van der Waals surface area (Å²) < 4.78 is 17.6. The third-order valence-electron chi connectivity index (χ3n) is 4.17. The molecule has 0 saturated heterocycles. The third-order valence-corrected chi connectivity index (χ3v) is 4.17. The zero-order valence-electron chi connectivity index (χ0n) is 16.0. The number of fused-ring (bicyclic) bond motifs is 2. The lowest BCUT2D eigenvalue weighted by Gasteiger charge is -2.10. The van der Waals surface area contributed by atoms with Gasteiger partial charge >= 0.3 is 5.97 Å². The maximum atomic E-state index is 12.2. The number of nitrogens with one attached hydrogen (secondary N) is 1. The first-order valence-corrected chi connectivity index (χ1v) is 9.07. The molecule has 2 aromatic heterocycles. The van der Waals surface area contributed by atoms with Crippen LogP contribution in [0.5, 0.6) is 11.5 Å². The molecular weight excluding hydrogens is 378 g/mol. The zero-order valence-corrected chi connectivity index (χ0v) is 16.0. The van der Waals surface area contributed by atoms with Crippen LogP contribution in [0.4, 0.5) is 5.69 Å². The summed E-state index contributed by atoms with van der Waals surface area (Å²) in [7, 11) is 0. The number of carbonyl (C=O) groups is 2. The van der Waals surface area contributed by atoms with Crippen LogP contribution in [-0.2, 0) is 9.53 Å². The molecule has 0 bridgehead atoms. The van der Waals surface area contributed by atoms with Gasteiger partial charge in [-0.05, 0) is 32.0 Å². The van der Waals surface area contributed by atoms with E-state index in [-0.39, 0.29) is 5.82 Å². The fourth-order valence-electron chi connectivity index (χ4n) is 2.89. The molecule has 1 amide bonds.